The van der Waals surface area contributed by atoms with Crippen molar-refractivity contribution in [3.63, 3.8) is 0 Å². The molecule has 202 valence electrons. The van der Waals surface area contributed by atoms with Gasteiger partial charge >= 0.3 is 6.09 Å². The normalized spacial score (nSPS) is 21.7. The van der Waals surface area contributed by atoms with E-state index in [1.54, 1.807) is 4.90 Å². The highest BCUT2D eigenvalue weighted by atomic mass is 35.5. The van der Waals surface area contributed by atoms with Gasteiger partial charge in [-0.2, -0.15) is 4.31 Å². The molecule has 2 aliphatic heterocycles. The molecule has 2 aromatic carbocycles. The van der Waals surface area contributed by atoms with Crippen LogP contribution < -0.4 is 0 Å². The Labute approximate surface area is 220 Å². The quantitative estimate of drug-likeness (QED) is 0.559. The lowest BCUT2D eigenvalue weighted by Crippen LogP contribution is -2.51. The zero-order chi connectivity index (χ0) is 26.6. The zero-order valence-corrected chi connectivity index (χ0v) is 21.8. The number of carbonyl (C=O) groups is 1. The third-order valence-corrected chi connectivity index (χ3v) is 9.01. The maximum Gasteiger partial charge on any atom is 0.409 e. The van der Waals surface area contributed by atoms with Crippen molar-refractivity contribution in [2.45, 2.75) is 36.2 Å². The van der Waals surface area contributed by atoms with Crippen LogP contribution in [0.5, 0.6) is 0 Å². The Balaban J connectivity index is 1.57. The van der Waals surface area contributed by atoms with Crippen LogP contribution in [0.1, 0.15) is 30.9 Å². The van der Waals surface area contributed by atoms with Gasteiger partial charge in [0.2, 0.25) is 10.0 Å². The minimum absolute atomic E-state index is 0.0167. The van der Waals surface area contributed by atoms with Gasteiger partial charge < -0.3 is 14.7 Å². The first-order valence-electron chi connectivity index (χ1n) is 12.2. The van der Waals surface area contributed by atoms with Gasteiger partial charge in [-0.15, -0.1) is 0 Å². The molecule has 2 fully saturated rings. The molecule has 0 bridgehead atoms. The number of piperidine rings is 1. The van der Waals surface area contributed by atoms with E-state index in [9.17, 15) is 22.0 Å². The van der Waals surface area contributed by atoms with Crippen molar-refractivity contribution in [1.82, 2.24) is 14.1 Å². The molecule has 8 nitrogen and oxygen atoms in total. The second-order valence-electron chi connectivity index (χ2n) is 9.22. The highest BCUT2D eigenvalue weighted by Gasteiger charge is 2.41. The topological polar surface area (TPSA) is 90.4 Å². The lowest BCUT2D eigenvalue weighted by molar-refractivity contribution is 0.0466. The van der Waals surface area contributed by atoms with Crippen LogP contribution in [-0.2, 0) is 14.8 Å². The summed E-state index contributed by atoms with van der Waals surface area (Å²) >= 11 is 5.95. The van der Waals surface area contributed by atoms with Gasteiger partial charge in [-0.3, -0.25) is 4.90 Å². The summed E-state index contributed by atoms with van der Waals surface area (Å²) in [6.07, 6.45) is 0.801. The van der Waals surface area contributed by atoms with E-state index in [0.29, 0.717) is 57.0 Å². The van der Waals surface area contributed by atoms with Gasteiger partial charge in [-0.25, -0.2) is 22.0 Å². The number of benzene rings is 2. The number of ether oxygens (including phenoxy) is 1. The summed E-state index contributed by atoms with van der Waals surface area (Å²) in [5.74, 6) is -1.60. The highest BCUT2D eigenvalue weighted by molar-refractivity contribution is 7.89. The molecular formula is C25H30ClF2N3O5S. The first kappa shape index (κ1) is 27.7. The minimum Gasteiger partial charge on any atom is -0.448 e. The minimum atomic E-state index is -4.14. The largest absolute Gasteiger partial charge is 0.448 e. The fourth-order valence-corrected chi connectivity index (χ4v) is 6.91. The van der Waals surface area contributed by atoms with Gasteiger partial charge in [-0.05, 0) is 61.2 Å². The average Bonchev–Trinajstić information content (AvgIpc) is 2.87. The molecule has 12 heteroatoms. The molecule has 2 aromatic rings. The molecule has 2 unspecified atom stereocenters. The van der Waals surface area contributed by atoms with E-state index in [-0.39, 0.29) is 23.7 Å². The first-order chi connectivity index (χ1) is 17.7. The van der Waals surface area contributed by atoms with E-state index in [1.807, 2.05) is 4.90 Å². The number of hydrogen-bond acceptors (Lipinski definition) is 6. The third kappa shape index (κ3) is 6.58. The summed E-state index contributed by atoms with van der Waals surface area (Å²) in [7, 11) is -4.14. The standard InChI is InChI=1S/C25H30ClF2N3O5S/c26-19-4-6-23(7-5-19)37(34,35)31-22(2-1-3-24(31)18-14-20(27)16-21(28)15-18)17-36-25(33)30-10-8-29(9-11-30)12-13-32/h4-7,14-16,22,24,32H,1-3,8-13,17H2. The van der Waals surface area contributed by atoms with Crippen LogP contribution in [0.2, 0.25) is 5.02 Å². The Morgan fingerprint density at radius 3 is 2.30 bits per heavy atom. The number of aliphatic hydroxyl groups excluding tert-OH is 1. The number of carbonyl (C=O) groups excluding carboxylic acids is 1. The molecule has 4 rings (SSSR count). The Morgan fingerprint density at radius 1 is 1.03 bits per heavy atom. The molecule has 2 atom stereocenters. The third-order valence-electron chi connectivity index (χ3n) is 6.79. The zero-order valence-electron chi connectivity index (χ0n) is 20.2. The Hall–Kier alpha value is -2.31. The van der Waals surface area contributed by atoms with Crippen LogP contribution in [0.4, 0.5) is 13.6 Å². The van der Waals surface area contributed by atoms with Gasteiger partial charge in [0.15, 0.2) is 0 Å². The van der Waals surface area contributed by atoms with Crippen LogP contribution in [0, 0.1) is 11.6 Å². The lowest BCUT2D eigenvalue weighted by atomic mass is 9.93. The van der Waals surface area contributed by atoms with Crippen molar-refractivity contribution >= 4 is 27.7 Å². The number of halogens is 3. The fourth-order valence-electron chi connectivity index (χ4n) is 4.94. The molecule has 0 radical (unpaired) electrons. The van der Waals surface area contributed by atoms with E-state index < -0.39 is 39.8 Å². The van der Waals surface area contributed by atoms with E-state index >= 15 is 0 Å². The number of amides is 1. The molecule has 1 N–H and O–H groups in total. The van der Waals surface area contributed by atoms with Crippen molar-refractivity contribution < 1.29 is 31.8 Å². The van der Waals surface area contributed by atoms with Gasteiger partial charge in [-0.1, -0.05) is 11.6 Å². The second-order valence-corrected chi connectivity index (χ2v) is 11.5. The molecule has 37 heavy (non-hydrogen) atoms. The number of nitrogens with zero attached hydrogens (tertiary/aromatic N) is 3. The lowest BCUT2D eigenvalue weighted by Gasteiger charge is -2.41. The Kier molecular flexibility index (Phi) is 9.02. The van der Waals surface area contributed by atoms with E-state index in [1.165, 1.54) is 28.6 Å². The van der Waals surface area contributed by atoms with Crippen molar-refractivity contribution in [1.29, 1.82) is 0 Å². The maximum absolute atomic E-state index is 14.1. The van der Waals surface area contributed by atoms with Crippen molar-refractivity contribution in [2.75, 3.05) is 45.9 Å². The number of hydrogen-bond donors (Lipinski definition) is 1. The predicted octanol–water partition coefficient (Wildman–Crippen LogP) is 3.65. The predicted molar refractivity (Wildman–Crippen MR) is 134 cm³/mol. The van der Waals surface area contributed by atoms with E-state index in [2.05, 4.69) is 0 Å². The molecule has 0 saturated carbocycles. The second kappa shape index (κ2) is 12.0. The summed E-state index contributed by atoms with van der Waals surface area (Å²) in [6, 6.07) is 7.12. The van der Waals surface area contributed by atoms with Gasteiger partial charge in [0.05, 0.1) is 23.6 Å². The molecule has 2 saturated heterocycles. The van der Waals surface area contributed by atoms with Crippen LogP contribution >= 0.6 is 11.6 Å². The summed E-state index contributed by atoms with van der Waals surface area (Å²) in [5, 5.41) is 9.46. The molecule has 0 spiro atoms. The number of rotatable bonds is 7. The van der Waals surface area contributed by atoms with Crippen molar-refractivity contribution in [3.8, 4) is 0 Å². The van der Waals surface area contributed by atoms with Crippen LogP contribution in [0.25, 0.3) is 0 Å². The van der Waals surface area contributed by atoms with Crippen LogP contribution in [0.3, 0.4) is 0 Å². The number of piperazine rings is 1. The smallest absolute Gasteiger partial charge is 0.409 e. The average molecular weight is 558 g/mol. The van der Waals surface area contributed by atoms with Gasteiger partial charge in [0, 0.05) is 43.8 Å². The molecule has 1 amide bonds. The Bertz CT molecular complexity index is 1170. The first-order valence-corrected chi connectivity index (χ1v) is 14.0. The van der Waals surface area contributed by atoms with E-state index in [4.69, 9.17) is 21.4 Å². The fraction of sp³-hybridized carbons (Fsp3) is 0.480. The van der Waals surface area contributed by atoms with Crippen molar-refractivity contribution in [2.24, 2.45) is 0 Å². The number of β-amino-alcohol motifs (C(OH)–C–C–N with tert-alkyl or cyclic N) is 1. The number of sulfonamides is 1. The van der Waals surface area contributed by atoms with Crippen molar-refractivity contribution in [3.05, 3.63) is 64.7 Å². The summed E-state index contributed by atoms with van der Waals surface area (Å²) in [4.78, 5) is 16.3. The summed E-state index contributed by atoms with van der Waals surface area (Å²) in [5.41, 5.74) is 0.200. The highest BCUT2D eigenvalue weighted by Crippen LogP contribution is 2.39. The SMILES string of the molecule is O=C(OCC1CCCC(c2cc(F)cc(F)c2)N1S(=O)(=O)c1ccc(Cl)cc1)N1CCN(CCO)CC1. The van der Waals surface area contributed by atoms with Gasteiger partial charge in [0.25, 0.3) is 0 Å². The number of aliphatic hydroxyl groups is 1. The van der Waals surface area contributed by atoms with Crippen LogP contribution in [0.15, 0.2) is 47.4 Å². The maximum atomic E-state index is 14.1. The van der Waals surface area contributed by atoms with E-state index in [0.717, 1.165) is 18.2 Å². The summed E-state index contributed by atoms with van der Waals surface area (Å²) in [6.45, 7) is 2.44. The molecule has 0 aliphatic carbocycles. The van der Waals surface area contributed by atoms with Gasteiger partial charge in [0.1, 0.15) is 18.2 Å². The summed E-state index contributed by atoms with van der Waals surface area (Å²) < 4.78 is 62.6. The molecular weight excluding hydrogens is 528 g/mol. The Morgan fingerprint density at radius 2 is 1.68 bits per heavy atom. The monoisotopic (exact) mass is 557 g/mol. The molecule has 0 aromatic heterocycles. The molecule has 2 heterocycles. The van der Waals surface area contributed by atoms with Crippen LogP contribution in [-0.4, -0.2) is 85.7 Å². The molecule has 2 aliphatic rings.